The van der Waals surface area contributed by atoms with Crippen molar-refractivity contribution in [2.75, 3.05) is 11.9 Å². The first-order valence-corrected chi connectivity index (χ1v) is 5.39. The summed E-state index contributed by atoms with van der Waals surface area (Å²) in [5.41, 5.74) is 1.74. The molecule has 1 aromatic heterocycles. The molecule has 0 radical (unpaired) electrons. The molecule has 80 valence electrons. The lowest BCUT2D eigenvalue weighted by Gasteiger charge is -2.07. The minimum atomic E-state index is 0.622. The van der Waals surface area contributed by atoms with E-state index >= 15 is 0 Å². The summed E-state index contributed by atoms with van der Waals surface area (Å²) in [5.74, 6) is 0.639. The van der Waals surface area contributed by atoms with Crippen LogP contribution in [0.1, 0.15) is 20.3 Å². The van der Waals surface area contributed by atoms with E-state index in [1.807, 2.05) is 24.3 Å². The molecule has 0 aliphatic carbocycles. The molecule has 1 heterocycles. The molecule has 0 aliphatic rings. The SMILES string of the molecule is CCC(C)CNc1nc2ccccc2o1. The first-order valence-electron chi connectivity index (χ1n) is 5.39. The average Bonchev–Trinajstić information content (AvgIpc) is 2.68. The van der Waals surface area contributed by atoms with Gasteiger partial charge in [-0.3, -0.25) is 0 Å². The number of hydrogen-bond donors (Lipinski definition) is 1. The predicted molar refractivity (Wildman–Crippen MR) is 62.0 cm³/mol. The third-order valence-corrected chi connectivity index (χ3v) is 2.59. The topological polar surface area (TPSA) is 38.1 Å². The van der Waals surface area contributed by atoms with Gasteiger partial charge < -0.3 is 9.73 Å². The van der Waals surface area contributed by atoms with E-state index in [0.717, 1.165) is 24.1 Å². The molecule has 2 rings (SSSR count). The van der Waals surface area contributed by atoms with E-state index in [4.69, 9.17) is 4.42 Å². The zero-order chi connectivity index (χ0) is 10.7. The highest BCUT2D eigenvalue weighted by Gasteiger charge is 2.05. The van der Waals surface area contributed by atoms with Gasteiger partial charge in [0, 0.05) is 6.54 Å². The lowest BCUT2D eigenvalue weighted by molar-refractivity contribution is 0.563. The van der Waals surface area contributed by atoms with Crippen LogP contribution in [-0.2, 0) is 0 Å². The fourth-order valence-electron chi connectivity index (χ4n) is 1.35. The Labute approximate surface area is 89.5 Å². The van der Waals surface area contributed by atoms with Gasteiger partial charge in [-0.05, 0) is 18.1 Å². The van der Waals surface area contributed by atoms with Crippen LogP contribution in [0.15, 0.2) is 28.7 Å². The van der Waals surface area contributed by atoms with Crippen LogP contribution in [0.2, 0.25) is 0 Å². The largest absolute Gasteiger partial charge is 0.424 e. The summed E-state index contributed by atoms with van der Waals surface area (Å²) in [6, 6.07) is 8.41. The molecule has 0 bridgehead atoms. The van der Waals surface area contributed by atoms with Gasteiger partial charge in [-0.1, -0.05) is 32.4 Å². The van der Waals surface area contributed by atoms with Crippen LogP contribution in [0.4, 0.5) is 6.01 Å². The van der Waals surface area contributed by atoms with E-state index in [0.29, 0.717) is 11.9 Å². The van der Waals surface area contributed by atoms with Crippen LogP contribution >= 0.6 is 0 Å². The molecule has 3 nitrogen and oxygen atoms in total. The Balaban J connectivity index is 2.09. The smallest absolute Gasteiger partial charge is 0.295 e. The lowest BCUT2D eigenvalue weighted by Crippen LogP contribution is -2.10. The van der Waals surface area contributed by atoms with Crippen molar-refractivity contribution in [1.29, 1.82) is 0 Å². The number of nitrogens with zero attached hydrogens (tertiary/aromatic N) is 1. The first kappa shape index (κ1) is 10.0. The third-order valence-electron chi connectivity index (χ3n) is 2.59. The Morgan fingerprint density at radius 2 is 2.20 bits per heavy atom. The van der Waals surface area contributed by atoms with Gasteiger partial charge in [-0.15, -0.1) is 0 Å². The molecule has 0 amide bonds. The van der Waals surface area contributed by atoms with E-state index in [1.54, 1.807) is 0 Å². The third kappa shape index (κ3) is 2.29. The molecule has 1 N–H and O–H groups in total. The number of benzene rings is 1. The zero-order valence-corrected chi connectivity index (χ0v) is 9.16. The van der Waals surface area contributed by atoms with E-state index in [2.05, 4.69) is 24.1 Å². The summed E-state index contributed by atoms with van der Waals surface area (Å²) in [6.07, 6.45) is 1.16. The minimum absolute atomic E-state index is 0.622. The quantitative estimate of drug-likeness (QED) is 0.830. The Morgan fingerprint density at radius 1 is 1.40 bits per heavy atom. The number of oxazole rings is 1. The van der Waals surface area contributed by atoms with Crippen molar-refractivity contribution in [1.82, 2.24) is 4.98 Å². The van der Waals surface area contributed by atoms with Gasteiger partial charge in [0.25, 0.3) is 6.01 Å². The van der Waals surface area contributed by atoms with Crippen molar-refractivity contribution in [3.8, 4) is 0 Å². The number of hydrogen-bond acceptors (Lipinski definition) is 3. The van der Waals surface area contributed by atoms with Gasteiger partial charge in [0.15, 0.2) is 5.58 Å². The number of nitrogens with one attached hydrogen (secondary N) is 1. The number of anilines is 1. The molecule has 1 unspecified atom stereocenters. The Morgan fingerprint density at radius 3 is 2.93 bits per heavy atom. The van der Waals surface area contributed by atoms with Crippen molar-refractivity contribution in [2.24, 2.45) is 5.92 Å². The van der Waals surface area contributed by atoms with Crippen LogP contribution in [0, 0.1) is 5.92 Å². The summed E-state index contributed by atoms with van der Waals surface area (Å²) >= 11 is 0. The molecule has 1 atom stereocenters. The second kappa shape index (κ2) is 4.34. The zero-order valence-electron chi connectivity index (χ0n) is 9.16. The highest BCUT2D eigenvalue weighted by Crippen LogP contribution is 2.18. The summed E-state index contributed by atoms with van der Waals surface area (Å²) in [4.78, 5) is 4.34. The molecular weight excluding hydrogens is 188 g/mol. The molecule has 0 spiro atoms. The number of fused-ring (bicyclic) bond motifs is 1. The summed E-state index contributed by atoms with van der Waals surface area (Å²) < 4.78 is 5.54. The number of para-hydroxylation sites is 2. The van der Waals surface area contributed by atoms with E-state index in [9.17, 15) is 0 Å². The van der Waals surface area contributed by atoms with Gasteiger partial charge in [-0.25, -0.2) is 0 Å². The van der Waals surface area contributed by atoms with Crippen molar-refractivity contribution < 1.29 is 4.42 Å². The summed E-state index contributed by atoms with van der Waals surface area (Å²) in [7, 11) is 0. The minimum Gasteiger partial charge on any atom is -0.424 e. The van der Waals surface area contributed by atoms with Crippen molar-refractivity contribution >= 4 is 17.1 Å². The van der Waals surface area contributed by atoms with Crippen molar-refractivity contribution in [2.45, 2.75) is 20.3 Å². The number of aromatic nitrogens is 1. The predicted octanol–water partition coefficient (Wildman–Crippen LogP) is 3.29. The molecule has 0 saturated carbocycles. The van der Waals surface area contributed by atoms with Crippen molar-refractivity contribution in [3.63, 3.8) is 0 Å². The van der Waals surface area contributed by atoms with Gasteiger partial charge >= 0.3 is 0 Å². The second-order valence-electron chi connectivity index (χ2n) is 3.88. The number of rotatable bonds is 4. The van der Waals surface area contributed by atoms with E-state index in [-0.39, 0.29) is 0 Å². The summed E-state index contributed by atoms with van der Waals surface area (Å²) in [5, 5.41) is 3.21. The highest BCUT2D eigenvalue weighted by atomic mass is 16.4. The Bertz CT molecular complexity index is 403. The Hall–Kier alpha value is -1.51. The maximum absolute atomic E-state index is 5.54. The molecule has 15 heavy (non-hydrogen) atoms. The highest BCUT2D eigenvalue weighted by molar-refractivity contribution is 5.74. The van der Waals surface area contributed by atoms with Crippen LogP contribution in [0.25, 0.3) is 11.1 Å². The van der Waals surface area contributed by atoms with Gasteiger partial charge in [0.05, 0.1) is 0 Å². The van der Waals surface area contributed by atoms with Crippen LogP contribution in [0.3, 0.4) is 0 Å². The van der Waals surface area contributed by atoms with Gasteiger partial charge in [-0.2, -0.15) is 4.98 Å². The van der Waals surface area contributed by atoms with Gasteiger partial charge in [0.1, 0.15) is 5.52 Å². The Kier molecular flexibility index (Phi) is 2.90. The monoisotopic (exact) mass is 204 g/mol. The molecular formula is C12H16N2O. The van der Waals surface area contributed by atoms with Crippen LogP contribution in [0.5, 0.6) is 0 Å². The van der Waals surface area contributed by atoms with E-state index < -0.39 is 0 Å². The standard InChI is InChI=1S/C12H16N2O/c1-3-9(2)8-13-12-14-10-6-4-5-7-11(10)15-12/h4-7,9H,3,8H2,1-2H3,(H,13,14). The maximum Gasteiger partial charge on any atom is 0.295 e. The van der Waals surface area contributed by atoms with Crippen LogP contribution < -0.4 is 5.32 Å². The van der Waals surface area contributed by atoms with Crippen molar-refractivity contribution in [3.05, 3.63) is 24.3 Å². The van der Waals surface area contributed by atoms with Crippen LogP contribution in [-0.4, -0.2) is 11.5 Å². The summed E-state index contributed by atoms with van der Waals surface area (Å²) in [6.45, 7) is 5.29. The molecule has 0 saturated heterocycles. The lowest BCUT2D eigenvalue weighted by atomic mass is 10.1. The van der Waals surface area contributed by atoms with E-state index in [1.165, 1.54) is 0 Å². The maximum atomic E-state index is 5.54. The molecule has 1 aromatic carbocycles. The molecule has 0 fully saturated rings. The normalized spacial score (nSPS) is 12.9. The molecule has 2 aromatic rings. The fourth-order valence-corrected chi connectivity index (χ4v) is 1.35. The fraction of sp³-hybridized carbons (Fsp3) is 0.417. The average molecular weight is 204 g/mol. The van der Waals surface area contributed by atoms with Gasteiger partial charge in [0.2, 0.25) is 0 Å². The second-order valence-corrected chi connectivity index (χ2v) is 3.88. The molecule has 0 aliphatic heterocycles. The first-order chi connectivity index (χ1) is 7.29. The molecule has 3 heteroatoms.